The number of ether oxygens (including phenoxy) is 1. The summed E-state index contributed by atoms with van der Waals surface area (Å²) in [4.78, 5) is 31.0. The van der Waals surface area contributed by atoms with Gasteiger partial charge in [-0.05, 0) is 19.1 Å². The molecule has 2 heterocycles. The number of benzene rings is 1. The fourth-order valence-electron chi connectivity index (χ4n) is 2.41. The Kier molecular flexibility index (Phi) is 3.39. The second-order valence-corrected chi connectivity index (χ2v) is 4.66. The van der Waals surface area contributed by atoms with Gasteiger partial charge in [-0.3, -0.25) is 14.6 Å². The van der Waals surface area contributed by atoms with E-state index >= 15 is 0 Å². The first-order valence-electron chi connectivity index (χ1n) is 6.75. The van der Waals surface area contributed by atoms with Gasteiger partial charge < -0.3 is 9.72 Å². The topological polar surface area (TPSA) is 72.1 Å². The summed E-state index contributed by atoms with van der Waals surface area (Å²) in [5.41, 5.74) is 1.87. The highest BCUT2D eigenvalue weighted by Crippen LogP contribution is 2.26. The zero-order chi connectivity index (χ0) is 14.8. The van der Waals surface area contributed by atoms with Crippen LogP contribution in [0.4, 0.5) is 0 Å². The molecule has 0 aliphatic carbocycles. The number of aromatic amines is 1. The Labute approximate surface area is 120 Å². The van der Waals surface area contributed by atoms with Gasteiger partial charge in [0.05, 0.1) is 12.1 Å². The summed E-state index contributed by atoms with van der Waals surface area (Å²) >= 11 is 0. The predicted octanol–water partition coefficient (Wildman–Crippen LogP) is 2.85. The number of hydrogen-bond donors (Lipinski definition) is 1. The van der Waals surface area contributed by atoms with Crippen molar-refractivity contribution in [1.29, 1.82) is 0 Å². The van der Waals surface area contributed by atoms with Gasteiger partial charge in [0.2, 0.25) is 0 Å². The number of carbonyl (C=O) groups is 2. The quantitative estimate of drug-likeness (QED) is 0.453. The maximum absolute atomic E-state index is 12.2. The number of fused-ring (bicyclic) bond motifs is 3. The molecule has 0 spiro atoms. The summed E-state index contributed by atoms with van der Waals surface area (Å²) in [7, 11) is 0. The van der Waals surface area contributed by atoms with Crippen molar-refractivity contribution in [3.8, 4) is 0 Å². The molecule has 1 aromatic carbocycles. The zero-order valence-electron chi connectivity index (χ0n) is 11.6. The lowest BCUT2D eigenvalue weighted by Crippen LogP contribution is -2.12. The van der Waals surface area contributed by atoms with E-state index in [-0.39, 0.29) is 24.5 Å². The van der Waals surface area contributed by atoms with Crippen LogP contribution in [0.2, 0.25) is 0 Å². The van der Waals surface area contributed by atoms with Crippen molar-refractivity contribution < 1.29 is 14.3 Å². The van der Waals surface area contributed by atoms with E-state index in [4.69, 9.17) is 4.74 Å². The maximum Gasteiger partial charge on any atom is 0.313 e. The Bertz CT molecular complexity index is 836. The number of para-hydroxylation sites is 1. The normalized spacial score (nSPS) is 10.9. The SMILES string of the molecule is CCOC(=O)CC(=O)c1nccc2c1[nH]c1ccccc12. The van der Waals surface area contributed by atoms with Gasteiger partial charge >= 0.3 is 5.97 Å². The number of hydrogen-bond acceptors (Lipinski definition) is 4. The number of ketones is 1. The summed E-state index contributed by atoms with van der Waals surface area (Å²) in [5, 5.41) is 1.95. The van der Waals surface area contributed by atoms with Crippen LogP contribution in [-0.4, -0.2) is 28.3 Å². The molecular formula is C16H14N2O3. The van der Waals surface area contributed by atoms with Crippen molar-refractivity contribution in [3.63, 3.8) is 0 Å². The van der Waals surface area contributed by atoms with E-state index < -0.39 is 5.97 Å². The Morgan fingerprint density at radius 2 is 2.00 bits per heavy atom. The van der Waals surface area contributed by atoms with Gasteiger partial charge in [0.25, 0.3) is 0 Å². The van der Waals surface area contributed by atoms with Crippen LogP contribution in [0, 0.1) is 0 Å². The highest BCUT2D eigenvalue weighted by molar-refractivity contribution is 6.16. The van der Waals surface area contributed by atoms with Crippen LogP contribution in [-0.2, 0) is 9.53 Å². The summed E-state index contributed by atoms with van der Waals surface area (Å²) in [6.45, 7) is 1.97. The van der Waals surface area contributed by atoms with Crippen LogP contribution in [0.15, 0.2) is 36.5 Å². The molecule has 106 valence electrons. The van der Waals surface area contributed by atoms with Crippen molar-refractivity contribution in [2.24, 2.45) is 0 Å². The second-order valence-electron chi connectivity index (χ2n) is 4.66. The number of esters is 1. The molecule has 1 N–H and O–H groups in total. The standard InChI is InChI=1S/C16H14N2O3/c1-2-21-14(20)9-13(19)16-15-11(7-8-17-16)10-5-3-4-6-12(10)18-15/h3-8,18H,2,9H2,1H3. The average molecular weight is 282 g/mol. The molecule has 0 fully saturated rings. The predicted molar refractivity (Wildman–Crippen MR) is 79.2 cm³/mol. The summed E-state index contributed by atoms with van der Waals surface area (Å²) in [6.07, 6.45) is 1.29. The number of H-pyrrole nitrogens is 1. The van der Waals surface area contributed by atoms with Crippen LogP contribution in [0.25, 0.3) is 21.8 Å². The zero-order valence-corrected chi connectivity index (χ0v) is 11.6. The molecule has 0 saturated carbocycles. The van der Waals surface area contributed by atoms with E-state index in [2.05, 4.69) is 9.97 Å². The van der Waals surface area contributed by atoms with E-state index in [0.717, 1.165) is 16.3 Å². The number of Topliss-reactive ketones (excluding diaryl/α,β-unsaturated/α-hetero) is 1. The van der Waals surface area contributed by atoms with Crippen molar-refractivity contribution in [3.05, 3.63) is 42.2 Å². The third-order valence-electron chi connectivity index (χ3n) is 3.30. The number of pyridine rings is 1. The smallest absolute Gasteiger partial charge is 0.313 e. The summed E-state index contributed by atoms with van der Waals surface area (Å²) in [6, 6.07) is 9.64. The van der Waals surface area contributed by atoms with Gasteiger partial charge in [0.15, 0.2) is 5.78 Å². The van der Waals surface area contributed by atoms with Crippen molar-refractivity contribution in [2.45, 2.75) is 13.3 Å². The fraction of sp³-hybridized carbons (Fsp3) is 0.188. The van der Waals surface area contributed by atoms with Gasteiger partial charge in [0.1, 0.15) is 12.1 Å². The van der Waals surface area contributed by atoms with Crippen molar-refractivity contribution >= 4 is 33.6 Å². The Balaban J connectivity index is 2.06. The molecule has 5 heteroatoms. The molecule has 3 rings (SSSR count). The van der Waals surface area contributed by atoms with E-state index in [1.54, 1.807) is 13.1 Å². The molecule has 0 amide bonds. The molecule has 0 saturated heterocycles. The number of aromatic nitrogens is 2. The molecule has 21 heavy (non-hydrogen) atoms. The monoisotopic (exact) mass is 282 g/mol. The lowest BCUT2D eigenvalue weighted by Gasteiger charge is -2.02. The number of carbonyl (C=O) groups excluding carboxylic acids is 2. The third kappa shape index (κ3) is 2.38. The fourth-order valence-corrected chi connectivity index (χ4v) is 2.41. The van der Waals surface area contributed by atoms with Gasteiger partial charge in [-0.25, -0.2) is 0 Å². The van der Waals surface area contributed by atoms with E-state index in [0.29, 0.717) is 5.52 Å². The first-order chi connectivity index (χ1) is 10.2. The van der Waals surface area contributed by atoms with Crippen molar-refractivity contribution in [2.75, 3.05) is 6.61 Å². The Hall–Kier alpha value is -2.69. The van der Waals surface area contributed by atoms with Crippen LogP contribution >= 0.6 is 0 Å². The highest BCUT2D eigenvalue weighted by atomic mass is 16.5. The van der Waals surface area contributed by atoms with E-state index in [1.165, 1.54) is 0 Å². The number of rotatable bonds is 4. The molecule has 0 aliphatic rings. The minimum Gasteiger partial charge on any atom is -0.466 e. The van der Waals surface area contributed by atoms with Crippen molar-refractivity contribution in [1.82, 2.24) is 9.97 Å². The van der Waals surface area contributed by atoms with Gasteiger partial charge in [-0.1, -0.05) is 18.2 Å². The Morgan fingerprint density at radius 3 is 2.81 bits per heavy atom. The summed E-state index contributed by atoms with van der Waals surface area (Å²) < 4.78 is 4.81. The first kappa shape index (κ1) is 13.3. The first-order valence-corrected chi connectivity index (χ1v) is 6.75. The number of nitrogens with one attached hydrogen (secondary N) is 1. The lowest BCUT2D eigenvalue weighted by atomic mass is 10.1. The van der Waals surface area contributed by atoms with Gasteiger partial charge in [0, 0.05) is 22.5 Å². The van der Waals surface area contributed by atoms with Gasteiger partial charge in [-0.2, -0.15) is 0 Å². The molecule has 0 atom stereocenters. The average Bonchev–Trinajstić information content (AvgIpc) is 2.85. The summed E-state index contributed by atoms with van der Waals surface area (Å²) in [5.74, 6) is -0.872. The second kappa shape index (κ2) is 5.36. The van der Waals surface area contributed by atoms with E-state index in [9.17, 15) is 9.59 Å². The molecule has 0 unspecified atom stereocenters. The minimum absolute atomic E-state index is 0.260. The minimum atomic E-state index is -0.530. The lowest BCUT2D eigenvalue weighted by molar-refractivity contribution is -0.141. The molecule has 0 aliphatic heterocycles. The van der Waals surface area contributed by atoms with Crippen LogP contribution in [0.5, 0.6) is 0 Å². The molecular weight excluding hydrogens is 268 g/mol. The molecule has 0 radical (unpaired) electrons. The maximum atomic E-state index is 12.2. The van der Waals surface area contributed by atoms with E-state index in [1.807, 2.05) is 30.3 Å². The number of nitrogens with zero attached hydrogens (tertiary/aromatic N) is 1. The molecule has 2 aromatic heterocycles. The van der Waals surface area contributed by atoms with Crippen LogP contribution < -0.4 is 0 Å². The molecule has 3 aromatic rings. The highest BCUT2D eigenvalue weighted by Gasteiger charge is 2.18. The largest absolute Gasteiger partial charge is 0.466 e. The molecule has 0 bridgehead atoms. The molecule has 5 nitrogen and oxygen atoms in total. The Morgan fingerprint density at radius 1 is 1.19 bits per heavy atom. The van der Waals surface area contributed by atoms with Crippen LogP contribution in [0.1, 0.15) is 23.8 Å². The van der Waals surface area contributed by atoms with Gasteiger partial charge in [-0.15, -0.1) is 0 Å². The third-order valence-corrected chi connectivity index (χ3v) is 3.30. The van der Waals surface area contributed by atoms with Crippen LogP contribution in [0.3, 0.4) is 0 Å².